The van der Waals surface area contributed by atoms with Crippen LogP contribution in [0.4, 0.5) is 0 Å². The smallest absolute Gasteiger partial charge is 0.232 e. The fourth-order valence-corrected chi connectivity index (χ4v) is 1.65. The van der Waals surface area contributed by atoms with Gasteiger partial charge in [0.2, 0.25) is 6.29 Å². The first-order chi connectivity index (χ1) is 7.66. The molecule has 0 amide bonds. The van der Waals surface area contributed by atoms with E-state index in [1.807, 2.05) is 12.1 Å². The van der Waals surface area contributed by atoms with Crippen LogP contribution < -0.4 is 9.47 Å². The number of aliphatic hydroxyl groups excluding tert-OH is 1. The highest BCUT2D eigenvalue weighted by molar-refractivity contribution is 5.75. The summed E-state index contributed by atoms with van der Waals surface area (Å²) < 4.78 is 10.6. The second-order valence-corrected chi connectivity index (χ2v) is 3.83. The van der Waals surface area contributed by atoms with Gasteiger partial charge in [-0.15, -0.1) is 0 Å². The van der Waals surface area contributed by atoms with Crippen LogP contribution in [0.5, 0.6) is 11.5 Å². The van der Waals surface area contributed by atoms with Gasteiger partial charge in [-0.25, -0.2) is 0 Å². The Bertz CT molecular complexity index is 400. The van der Waals surface area contributed by atoms with Gasteiger partial charge in [-0.05, 0) is 25.0 Å². The first kappa shape index (κ1) is 11.0. The van der Waals surface area contributed by atoms with Crippen molar-refractivity contribution >= 4 is 5.78 Å². The zero-order valence-electron chi connectivity index (χ0n) is 9.10. The minimum absolute atomic E-state index is 0.134. The Hall–Kier alpha value is -1.55. The highest BCUT2D eigenvalue weighted by atomic mass is 16.7. The van der Waals surface area contributed by atoms with Gasteiger partial charge in [0.15, 0.2) is 18.1 Å². The maximum atomic E-state index is 10.9. The summed E-state index contributed by atoms with van der Waals surface area (Å²) in [5.74, 6) is 1.32. The minimum atomic E-state index is -0.925. The van der Waals surface area contributed by atoms with Gasteiger partial charge in [0.25, 0.3) is 0 Å². The molecule has 16 heavy (non-hydrogen) atoms. The van der Waals surface area contributed by atoms with Crippen molar-refractivity contribution in [2.75, 3.05) is 6.61 Å². The number of aryl methyl sites for hydroxylation is 1. The van der Waals surface area contributed by atoms with E-state index < -0.39 is 6.29 Å². The quantitative estimate of drug-likeness (QED) is 0.837. The van der Waals surface area contributed by atoms with Crippen molar-refractivity contribution in [1.29, 1.82) is 0 Å². The summed E-state index contributed by atoms with van der Waals surface area (Å²) in [6, 6.07) is 5.52. The van der Waals surface area contributed by atoms with Crippen molar-refractivity contribution in [2.24, 2.45) is 0 Å². The second kappa shape index (κ2) is 4.53. The Morgan fingerprint density at radius 1 is 1.56 bits per heavy atom. The topological polar surface area (TPSA) is 55.8 Å². The molecule has 1 aromatic carbocycles. The highest BCUT2D eigenvalue weighted by Gasteiger charge is 2.21. The number of hydrogen-bond acceptors (Lipinski definition) is 4. The summed E-state index contributed by atoms with van der Waals surface area (Å²) in [6.07, 6.45) is 0.149. The fourth-order valence-electron chi connectivity index (χ4n) is 1.65. The first-order valence-electron chi connectivity index (χ1n) is 5.25. The standard InChI is InChI=1S/C12H14O4/c1-8(13)5-6-9-3-2-4-10-12(9)16-11(14)7-15-10/h2-4,11,14H,5-7H2,1H3. The molecule has 86 valence electrons. The van der Waals surface area contributed by atoms with E-state index >= 15 is 0 Å². The van der Waals surface area contributed by atoms with Crippen LogP contribution in [-0.2, 0) is 11.2 Å². The highest BCUT2D eigenvalue weighted by Crippen LogP contribution is 2.35. The lowest BCUT2D eigenvalue weighted by Gasteiger charge is -2.24. The molecule has 1 aliphatic rings. The monoisotopic (exact) mass is 222 g/mol. The summed E-state index contributed by atoms with van der Waals surface area (Å²) in [5, 5.41) is 9.34. The van der Waals surface area contributed by atoms with Crippen LogP contribution >= 0.6 is 0 Å². The van der Waals surface area contributed by atoms with E-state index in [2.05, 4.69) is 0 Å². The first-order valence-corrected chi connectivity index (χ1v) is 5.25. The van der Waals surface area contributed by atoms with Crippen molar-refractivity contribution in [2.45, 2.75) is 26.1 Å². The lowest BCUT2D eigenvalue weighted by Crippen LogP contribution is -2.29. The maximum absolute atomic E-state index is 10.9. The van der Waals surface area contributed by atoms with E-state index in [0.29, 0.717) is 24.3 Å². The van der Waals surface area contributed by atoms with Crippen LogP contribution in [0.2, 0.25) is 0 Å². The van der Waals surface area contributed by atoms with E-state index in [4.69, 9.17) is 9.47 Å². The molecule has 1 atom stereocenters. The van der Waals surface area contributed by atoms with E-state index in [1.165, 1.54) is 0 Å². The van der Waals surface area contributed by atoms with Gasteiger partial charge in [-0.1, -0.05) is 12.1 Å². The second-order valence-electron chi connectivity index (χ2n) is 3.83. The van der Waals surface area contributed by atoms with Gasteiger partial charge in [-0.2, -0.15) is 0 Å². The number of hydrogen-bond donors (Lipinski definition) is 1. The number of para-hydroxylation sites is 1. The van der Waals surface area contributed by atoms with Crippen LogP contribution in [-0.4, -0.2) is 23.8 Å². The molecule has 2 rings (SSSR count). The van der Waals surface area contributed by atoms with Gasteiger partial charge in [0.1, 0.15) is 5.78 Å². The third kappa shape index (κ3) is 2.33. The number of ether oxygens (including phenoxy) is 2. The average molecular weight is 222 g/mol. The number of benzene rings is 1. The number of fused-ring (bicyclic) bond motifs is 1. The Morgan fingerprint density at radius 3 is 3.12 bits per heavy atom. The molecular weight excluding hydrogens is 208 g/mol. The van der Waals surface area contributed by atoms with Crippen molar-refractivity contribution in [1.82, 2.24) is 0 Å². The molecule has 4 nitrogen and oxygen atoms in total. The Kier molecular flexibility index (Phi) is 3.10. The Morgan fingerprint density at radius 2 is 2.38 bits per heavy atom. The van der Waals surface area contributed by atoms with E-state index in [0.717, 1.165) is 5.56 Å². The van der Waals surface area contributed by atoms with Gasteiger partial charge in [0.05, 0.1) is 0 Å². The van der Waals surface area contributed by atoms with E-state index in [9.17, 15) is 9.90 Å². The lowest BCUT2D eigenvalue weighted by atomic mass is 10.1. The minimum Gasteiger partial charge on any atom is -0.483 e. The molecule has 0 aromatic heterocycles. The number of carbonyl (C=O) groups excluding carboxylic acids is 1. The van der Waals surface area contributed by atoms with Gasteiger partial charge >= 0.3 is 0 Å². The molecule has 0 bridgehead atoms. The molecule has 1 unspecified atom stereocenters. The van der Waals surface area contributed by atoms with Gasteiger partial charge in [-0.3, -0.25) is 0 Å². The SMILES string of the molecule is CC(=O)CCc1cccc2c1OC(O)CO2. The molecule has 1 heterocycles. The Balaban J connectivity index is 2.21. The summed E-state index contributed by atoms with van der Waals surface area (Å²) in [6.45, 7) is 1.70. The summed E-state index contributed by atoms with van der Waals surface area (Å²) >= 11 is 0. The van der Waals surface area contributed by atoms with E-state index in [1.54, 1.807) is 13.0 Å². The number of ketones is 1. The molecular formula is C12H14O4. The molecule has 0 fully saturated rings. The van der Waals surface area contributed by atoms with Crippen LogP contribution in [0.25, 0.3) is 0 Å². The molecule has 1 aliphatic heterocycles. The van der Waals surface area contributed by atoms with Crippen LogP contribution in [0.3, 0.4) is 0 Å². The van der Waals surface area contributed by atoms with Crippen molar-refractivity contribution in [3.8, 4) is 11.5 Å². The van der Waals surface area contributed by atoms with Gasteiger partial charge < -0.3 is 19.4 Å². The maximum Gasteiger partial charge on any atom is 0.232 e. The summed E-state index contributed by atoms with van der Waals surface area (Å²) in [4.78, 5) is 10.9. The predicted molar refractivity (Wildman–Crippen MR) is 57.6 cm³/mol. The third-order valence-electron chi connectivity index (χ3n) is 2.44. The molecule has 1 aromatic rings. The predicted octanol–water partition coefficient (Wildman–Crippen LogP) is 1.30. The number of aliphatic hydroxyl groups is 1. The largest absolute Gasteiger partial charge is 0.483 e. The summed E-state index contributed by atoms with van der Waals surface area (Å²) in [5.41, 5.74) is 0.895. The number of Topliss-reactive ketones (excluding diaryl/α,β-unsaturated/α-hetero) is 1. The fraction of sp³-hybridized carbons (Fsp3) is 0.417. The number of carbonyl (C=O) groups is 1. The third-order valence-corrected chi connectivity index (χ3v) is 2.44. The van der Waals surface area contributed by atoms with Crippen LogP contribution in [0.15, 0.2) is 18.2 Å². The van der Waals surface area contributed by atoms with Crippen LogP contribution in [0.1, 0.15) is 18.9 Å². The molecule has 0 radical (unpaired) electrons. The summed E-state index contributed by atoms with van der Waals surface area (Å²) in [7, 11) is 0. The molecule has 0 saturated carbocycles. The zero-order valence-corrected chi connectivity index (χ0v) is 9.10. The molecule has 0 saturated heterocycles. The zero-order chi connectivity index (χ0) is 11.5. The molecule has 1 N–H and O–H groups in total. The van der Waals surface area contributed by atoms with Crippen molar-refractivity contribution < 1.29 is 19.4 Å². The molecule has 0 spiro atoms. The molecule has 0 aliphatic carbocycles. The average Bonchev–Trinajstić information content (AvgIpc) is 2.26. The van der Waals surface area contributed by atoms with Crippen molar-refractivity contribution in [3.05, 3.63) is 23.8 Å². The molecule has 4 heteroatoms. The van der Waals surface area contributed by atoms with Gasteiger partial charge in [0, 0.05) is 6.42 Å². The van der Waals surface area contributed by atoms with Crippen molar-refractivity contribution in [3.63, 3.8) is 0 Å². The lowest BCUT2D eigenvalue weighted by molar-refractivity contribution is -0.116. The Labute approximate surface area is 93.8 Å². The number of rotatable bonds is 3. The van der Waals surface area contributed by atoms with E-state index in [-0.39, 0.29) is 12.4 Å². The van der Waals surface area contributed by atoms with Crippen LogP contribution in [0, 0.1) is 0 Å². The normalized spacial score (nSPS) is 18.2.